The Morgan fingerprint density at radius 1 is 1.38 bits per heavy atom. The number of nitrogens with zero attached hydrogens (tertiary/aromatic N) is 2. The molecule has 68 valence electrons. The Labute approximate surface area is 71.5 Å². The number of aliphatic imine (C=N–C) groups is 2. The van der Waals surface area contributed by atoms with Crippen molar-refractivity contribution < 1.29 is 14.7 Å². The van der Waals surface area contributed by atoms with Gasteiger partial charge in [-0.1, -0.05) is 0 Å². The van der Waals surface area contributed by atoms with Crippen molar-refractivity contribution in [1.82, 2.24) is 10.6 Å². The minimum absolute atomic E-state index is 0.204. The third kappa shape index (κ3) is 0.888. The molecule has 0 bridgehead atoms. The molecule has 0 radical (unpaired) electrons. The lowest BCUT2D eigenvalue weighted by Crippen LogP contribution is -2.64. The summed E-state index contributed by atoms with van der Waals surface area (Å²) in [7, 11) is 0. The van der Waals surface area contributed by atoms with E-state index in [9.17, 15) is 14.7 Å². The van der Waals surface area contributed by atoms with Crippen molar-refractivity contribution in [3.8, 4) is 0 Å². The minimum Gasteiger partial charge on any atom is -0.369 e. The van der Waals surface area contributed by atoms with Gasteiger partial charge in [-0.15, -0.1) is 0 Å². The van der Waals surface area contributed by atoms with Crippen molar-refractivity contribution in [3.05, 3.63) is 0 Å². The van der Waals surface area contributed by atoms with Gasteiger partial charge >= 0.3 is 6.03 Å². The van der Waals surface area contributed by atoms with E-state index in [-0.39, 0.29) is 11.8 Å². The number of fused-ring (bicyclic) bond motifs is 1. The third-order valence-corrected chi connectivity index (χ3v) is 1.62. The number of aliphatic hydroxyl groups is 1. The molecule has 8 heteroatoms. The first-order valence-corrected chi connectivity index (χ1v) is 3.31. The third-order valence-electron chi connectivity index (χ3n) is 1.62. The lowest BCUT2D eigenvalue weighted by atomic mass is 10.2. The highest BCUT2D eigenvalue weighted by atomic mass is 16.3. The first kappa shape index (κ1) is 7.68. The fourth-order valence-corrected chi connectivity index (χ4v) is 1.03. The van der Waals surface area contributed by atoms with E-state index in [4.69, 9.17) is 5.73 Å². The number of rotatable bonds is 0. The van der Waals surface area contributed by atoms with Crippen LogP contribution in [-0.4, -0.2) is 34.6 Å². The van der Waals surface area contributed by atoms with Crippen LogP contribution in [-0.2, 0) is 4.79 Å². The summed E-state index contributed by atoms with van der Waals surface area (Å²) in [6.45, 7) is 0. The van der Waals surface area contributed by atoms with Crippen LogP contribution in [0.5, 0.6) is 0 Å². The molecule has 2 heterocycles. The summed E-state index contributed by atoms with van der Waals surface area (Å²) in [6, 6.07) is -0.828. The number of nitrogens with one attached hydrogen (secondary N) is 2. The van der Waals surface area contributed by atoms with Crippen LogP contribution in [0, 0.1) is 0 Å². The molecule has 1 unspecified atom stereocenters. The molecule has 0 aromatic rings. The predicted octanol–water partition coefficient (Wildman–Crippen LogP) is -2.76. The maximum absolute atomic E-state index is 11.1. The Balaban J connectivity index is 2.53. The molecule has 2 aliphatic heterocycles. The van der Waals surface area contributed by atoms with E-state index in [0.29, 0.717) is 0 Å². The molecule has 0 saturated carbocycles. The number of nitrogens with two attached hydrogens (primary N) is 1. The van der Waals surface area contributed by atoms with Crippen molar-refractivity contribution in [3.63, 3.8) is 0 Å². The second-order valence-corrected chi connectivity index (χ2v) is 2.53. The molecule has 0 spiro atoms. The van der Waals surface area contributed by atoms with Crippen LogP contribution in [0.3, 0.4) is 0 Å². The van der Waals surface area contributed by atoms with E-state index in [1.165, 1.54) is 0 Å². The highest BCUT2D eigenvalue weighted by Gasteiger charge is 2.50. The van der Waals surface area contributed by atoms with Gasteiger partial charge in [0.05, 0.1) is 0 Å². The number of carbonyl (C=O) groups is 2. The Bertz CT molecular complexity index is 372. The maximum atomic E-state index is 11.1. The molecular formula is C5H5N5O3. The highest BCUT2D eigenvalue weighted by molar-refractivity contribution is 6.26. The number of amidine groups is 1. The molecule has 0 aromatic carbocycles. The van der Waals surface area contributed by atoms with E-state index >= 15 is 0 Å². The van der Waals surface area contributed by atoms with E-state index in [1.54, 1.807) is 0 Å². The standard InChI is InChI=1S/C5H5N5O3/c6-3-7-1-5(13,2(11)9-3)10-4(12)8-1/h13H,(H4,6,7,8,9,10,11,12). The van der Waals surface area contributed by atoms with Crippen molar-refractivity contribution in [2.45, 2.75) is 5.72 Å². The largest absolute Gasteiger partial charge is 0.369 e. The van der Waals surface area contributed by atoms with Crippen molar-refractivity contribution >= 4 is 23.7 Å². The molecular weight excluding hydrogens is 178 g/mol. The Hall–Kier alpha value is -1.96. The SMILES string of the molecule is NC1=NC2=NC(=O)NC2(O)C(=O)N1. The summed E-state index contributed by atoms with van der Waals surface area (Å²) in [6.07, 6.45) is 0. The van der Waals surface area contributed by atoms with Crippen LogP contribution in [0.2, 0.25) is 0 Å². The second kappa shape index (κ2) is 2.04. The molecule has 1 atom stereocenters. The van der Waals surface area contributed by atoms with E-state index in [0.717, 1.165) is 0 Å². The first-order valence-electron chi connectivity index (χ1n) is 3.31. The molecule has 0 saturated heterocycles. The summed E-state index contributed by atoms with van der Waals surface area (Å²) < 4.78 is 0. The molecule has 8 nitrogen and oxygen atoms in total. The van der Waals surface area contributed by atoms with Crippen LogP contribution in [0.25, 0.3) is 0 Å². The summed E-state index contributed by atoms with van der Waals surface area (Å²) in [5.74, 6) is -1.41. The molecule has 0 aliphatic carbocycles. The van der Waals surface area contributed by atoms with Gasteiger partial charge < -0.3 is 10.8 Å². The van der Waals surface area contributed by atoms with Gasteiger partial charge in [-0.3, -0.25) is 15.4 Å². The Kier molecular flexibility index (Phi) is 1.21. The highest BCUT2D eigenvalue weighted by Crippen LogP contribution is 2.14. The fourth-order valence-electron chi connectivity index (χ4n) is 1.03. The maximum Gasteiger partial charge on any atom is 0.345 e. The predicted molar refractivity (Wildman–Crippen MR) is 40.7 cm³/mol. The molecule has 2 rings (SSSR count). The number of amides is 3. The number of hydrogen-bond donors (Lipinski definition) is 4. The second-order valence-electron chi connectivity index (χ2n) is 2.53. The average Bonchev–Trinajstić information content (AvgIpc) is 2.26. The van der Waals surface area contributed by atoms with Gasteiger partial charge in [-0.05, 0) is 0 Å². The fraction of sp³-hybridized carbons (Fsp3) is 0.200. The number of carbonyl (C=O) groups excluding carboxylic acids is 2. The van der Waals surface area contributed by atoms with E-state index in [2.05, 4.69) is 15.3 Å². The zero-order valence-electron chi connectivity index (χ0n) is 6.24. The summed E-state index contributed by atoms with van der Waals surface area (Å²) in [5.41, 5.74) is 3.01. The van der Waals surface area contributed by atoms with Gasteiger partial charge in [0.2, 0.25) is 11.8 Å². The minimum atomic E-state index is -2.17. The van der Waals surface area contributed by atoms with Gasteiger partial charge in [0, 0.05) is 0 Å². The van der Waals surface area contributed by atoms with Crippen LogP contribution >= 0.6 is 0 Å². The van der Waals surface area contributed by atoms with Gasteiger partial charge in [0.15, 0.2) is 0 Å². The van der Waals surface area contributed by atoms with Crippen LogP contribution < -0.4 is 16.4 Å². The monoisotopic (exact) mass is 183 g/mol. The lowest BCUT2D eigenvalue weighted by molar-refractivity contribution is -0.133. The number of guanidine groups is 1. The van der Waals surface area contributed by atoms with Crippen LogP contribution in [0.15, 0.2) is 9.98 Å². The molecule has 2 aliphatic rings. The Morgan fingerprint density at radius 3 is 2.77 bits per heavy atom. The zero-order valence-corrected chi connectivity index (χ0v) is 6.24. The van der Waals surface area contributed by atoms with Gasteiger partial charge in [0.25, 0.3) is 11.6 Å². The summed E-state index contributed by atoms with van der Waals surface area (Å²) >= 11 is 0. The quantitative estimate of drug-likeness (QED) is 0.324. The Morgan fingerprint density at radius 2 is 2.08 bits per heavy atom. The zero-order chi connectivity index (χ0) is 9.64. The molecule has 5 N–H and O–H groups in total. The average molecular weight is 183 g/mol. The van der Waals surface area contributed by atoms with Gasteiger partial charge in [-0.2, -0.15) is 9.98 Å². The van der Waals surface area contributed by atoms with E-state index < -0.39 is 17.7 Å². The molecule has 3 amide bonds. The number of urea groups is 1. The normalized spacial score (nSPS) is 31.5. The van der Waals surface area contributed by atoms with Crippen molar-refractivity contribution in [2.75, 3.05) is 0 Å². The van der Waals surface area contributed by atoms with Crippen molar-refractivity contribution in [2.24, 2.45) is 15.7 Å². The first-order chi connectivity index (χ1) is 6.02. The number of hydrogen-bond acceptors (Lipinski definition) is 5. The topological polar surface area (TPSA) is 129 Å². The molecule has 13 heavy (non-hydrogen) atoms. The molecule has 0 fully saturated rings. The van der Waals surface area contributed by atoms with Crippen LogP contribution in [0.1, 0.15) is 0 Å². The van der Waals surface area contributed by atoms with E-state index in [1.807, 2.05) is 5.32 Å². The smallest absolute Gasteiger partial charge is 0.345 e. The lowest BCUT2D eigenvalue weighted by Gasteiger charge is -2.24. The van der Waals surface area contributed by atoms with Crippen molar-refractivity contribution in [1.29, 1.82) is 0 Å². The van der Waals surface area contributed by atoms with Gasteiger partial charge in [0.1, 0.15) is 0 Å². The van der Waals surface area contributed by atoms with Crippen LogP contribution in [0.4, 0.5) is 4.79 Å². The van der Waals surface area contributed by atoms with Gasteiger partial charge in [-0.25, -0.2) is 4.79 Å². The summed E-state index contributed by atoms with van der Waals surface area (Å²) in [4.78, 5) is 28.6. The molecule has 0 aromatic heterocycles. The summed E-state index contributed by atoms with van der Waals surface area (Å²) in [5, 5.41) is 13.5.